The molecule has 0 aliphatic heterocycles. The second-order valence-corrected chi connectivity index (χ2v) is 4.17. The summed E-state index contributed by atoms with van der Waals surface area (Å²) in [7, 11) is 0. The zero-order valence-corrected chi connectivity index (χ0v) is 8.28. The molecule has 66 valence electrons. The van der Waals surface area contributed by atoms with E-state index in [0.717, 1.165) is 11.7 Å². The molecule has 1 fully saturated rings. The van der Waals surface area contributed by atoms with Crippen LogP contribution < -0.4 is 0 Å². The van der Waals surface area contributed by atoms with Gasteiger partial charge in [-0.15, -0.1) is 0 Å². The van der Waals surface area contributed by atoms with Gasteiger partial charge in [0.05, 0.1) is 0 Å². The smallest absolute Gasteiger partial charge is 0.00979 e. The van der Waals surface area contributed by atoms with Crippen molar-refractivity contribution >= 4 is 12.6 Å². The molecule has 1 heteroatoms. The van der Waals surface area contributed by atoms with Gasteiger partial charge in [-0.2, -0.15) is 12.6 Å². The Morgan fingerprint density at radius 2 is 1.73 bits per heavy atom. The summed E-state index contributed by atoms with van der Waals surface area (Å²) in [4.78, 5) is 0. The number of unbranched alkanes of at least 4 members (excludes halogenated alkanes) is 2. The average Bonchev–Trinajstić information content (AvgIpc) is 2.50. The van der Waals surface area contributed by atoms with Crippen LogP contribution >= 0.6 is 12.6 Å². The summed E-state index contributed by atoms with van der Waals surface area (Å²) in [5.41, 5.74) is 0. The Hall–Kier alpha value is 0.350. The van der Waals surface area contributed by atoms with Crippen molar-refractivity contribution in [3.05, 3.63) is 0 Å². The third kappa shape index (κ3) is 4.05. The lowest BCUT2D eigenvalue weighted by Crippen LogP contribution is -1.92. The maximum Gasteiger partial charge on any atom is -0.00979 e. The molecule has 0 heterocycles. The first-order valence-electron chi connectivity index (χ1n) is 5.04. The minimum Gasteiger partial charge on any atom is -0.179 e. The number of hydrogen-bond donors (Lipinski definition) is 1. The number of rotatable bonds is 5. The molecule has 1 saturated carbocycles. The first-order chi connectivity index (χ1) is 5.43. The largest absolute Gasteiger partial charge is 0.179 e. The zero-order valence-electron chi connectivity index (χ0n) is 7.39. The number of hydrogen-bond acceptors (Lipinski definition) is 1. The Labute approximate surface area is 76.2 Å². The molecule has 0 spiro atoms. The van der Waals surface area contributed by atoms with Crippen LogP contribution in [0.4, 0.5) is 0 Å². The van der Waals surface area contributed by atoms with Gasteiger partial charge >= 0.3 is 0 Å². The van der Waals surface area contributed by atoms with E-state index in [1.165, 1.54) is 51.4 Å². The molecule has 0 unspecified atom stereocenters. The van der Waals surface area contributed by atoms with Crippen molar-refractivity contribution in [1.82, 2.24) is 0 Å². The Bertz CT molecular complexity index is 84.9. The summed E-state index contributed by atoms with van der Waals surface area (Å²) in [5, 5.41) is 0. The summed E-state index contributed by atoms with van der Waals surface area (Å²) in [6, 6.07) is 0. The highest BCUT2D eigenvalue weighted by atomic mass is 32.1. The first-order valence-corrected chi connectivity index (χ1v) is 5.67. The highest BCUT2D eigenvalue weighted by Gasteiger charge is 2.13. The molecule has 0 aromatic heterocycles. The molecular weight excluding hydrogens is 152 g/mol. The SMILES string of the molecule is SCCCCCC1CCCC1. The van der Waals surface area contributed by atoms with Gasteiger partial charge in [0.2, 0.25) is 0 Å². The third-order valence-corrected chi connectivity index (χ3v) is 3.06. The standard InChI is InChI=1S/C10H20S/c11-9-5-1-2-6-10-7-3-4-8-10/h10-11H,1-9H2. The van der Waals surface area contributed by atoms with E-state index >= 15 is 0 Å². The fourth-order valence-electron chi connectivity index (χ4n) is 2.02. The predicted molar refractivity (Wildman–Crippen MR) is 54.3 cm³/mol. The van der Waals surface area contributed by atoms with E-state index in [1.807, 2.05) is 0 Å². The normalized spacial score (nSPS) is 19.4. The highest BCUT2D eigenvalue weighted by Crippen LogP contribution is 2.28. The van der Waals surface area contributed by atoms with Crippen LogP contribution in [0.2, 0.25) is 0 Å². The van der Waals surface area contributed by atoms with Crippen molar-refractivity contribution in [1.29, 1.82) is 0 Å². The summed E-state index contributed by atoms with van der Waals surface area (Å²) in [6.07, 6.45) is 11.7. The molecule has 0 bridgehead atoms. The molecule has 0 aromatic carbocycles. The lowest BCUT2D eigenvalue weighted by Gasteiger charge is -2.06. The first kappa shape index (κ1) is 9.44. The van der Waals surface area contributed by atoms with Crippen LogP contribution in [0.25, 0.3) is 0 Å². The van der Waals surface area contributed by atoms with Crippen molar-refractivity contribution in [3.63, 3.8) is 0 Å². The molecule has 0 N–H and O–H groups in total. The van der Waals surface area contributed by atoms with E-state index in [4.69, 9.17) is 0 Å². The molecule has 0 aromatic rings. The van der Waals surface area contributed by atoms with Gasteiger partial charge in [-0.1, -0.05) is 44.9 Å². The molecule has 0 nitrogen and oxygen atoms in total. The van der Waals surface area contributed by atoms with Gasteiger partial charge in [-0.3, -0.25) is 0 Å². The molecule has 0 amide bonds. The Morgan fingerprint density at radius 1 is 1.00 bits per heavy atom. The maximum absolute atomic E-state index is 4.20. The highest BCUT2D eigenvalue weighted by molar-refractivity contribution is 7.80. The molecule has 1 rings (SSSR count). The quantitative estimate of drug-likeness (QED) is 0.475. The second-order valence-electron chi connectivity index (χ2n) is 3.72. The van der Waals surface area contributed by atoms with Crippen LogP contribution in [0, 0.1) is 5.92 Å². The van der Waals surface area contributed by atoms with Gasteiger partial charge < -0.3 is 0 Å². The monoisotopic (exact) mass is 172 g/mol. The number of thiol groups is 1. The van der Waals surface area contributed by atoms with Crippen LogP contribution in [0.1, 0.15) is 51.4 Å². The van der Waals surface area contributed by atoms with Gasteiger partial charge in [0, 0.05) is 0 Å². The van der Waals surface area contributed by atoms with Crippen molar-refractivity contribution in [2.24, 2.45) is 5.92 Å². The van der Waals surface area contributed by atoms with Crippen molar-refractivity contribution in [2.45, 2.75) is 51.4 Å². The van der Waals surface area contributed by atoms with Crippen LogP contribution in [0.15, 0.2) is 0 Å². The van der Waals surface area contributed by atoms with Gasteiger partial charge in [0.15, 0.2) is 0 Å². The summed E-state index contributed by atoms with van der Waals surface area (Å²) < 4.78 is 0. The lowest BCUT2D eigenvalue weighted by atomic mass is 10.0. The fraction of sp³-hybridized carbons (Fsp3) is 1.00. The minimum atomic E-state index is 1.07. The van der Waals surface area contributed by atoms with Gasteiger partial charge in [-0.25, -0.2) is 0 Å². The van der Waals surface area contributed by atoms with E-state index in [9.17, 15) is 0 Å². The Kier molecular flexibility index (Phi) is 5.09. The van der Waals surface area contributed by atoms with E-state index in [1.54, 1.807) is 0 Å². The van der Waals surface area contributed by atoms with Crippen LogP contribution in [-0.2, 0) is 0 Å². The molecule has 11 heavy (non-hydrogen) atoms. The molecule has 0 saturated heterocycles. The van der Waals surface area contributed by atoms with Gasteiger partial charge in [0.1, 0.15) is 0 Å². The summed E-state index contributed by atoms with van der Waals surface area (Å²) in [5.74, 6) is 2.17. The average molecular weight is 172 g/mol. The van der Waals surface area contributed by atoms with Crippen LogP contribution in [-0.4, -0.2) is 5.75 Å². The third-order valence-electron chi connectivity index (χ3n) is 2.75. The van der Waals surface area contributed by atoms with Crippen molar-refractivity contribution in [3.8, 4) is 0 Å². The van der Waals surface area contributed by atoms with Gasteiger partial charge in [-0.05, 0) is 18.1 Å². The minimum absolute atomic E-state index is 1.07. The van der Waals surface area contributed by atoms with Crippen LogP contribution in [0.3, 0.4) is 0 Å². The van der Waals surface area contributed by atoms with Gasteiger partial charge in [0.25, 0.3) is 0 Å². The van der Waals surface area contributed by atoms with E-state index in [2.05, 4.69) is 12.6 Å². The van der Waals surface area contributed by atoms with E-state index in [-0.39, 0.29) is 0 Å². The van der Waals surface area contributed by atoms with E-state index < -0.39 is 0 Å². The Morgan fingerprint density at radius 3 is 2.36 bits per heavy atom. The van der Waals surface area contributed by atoms with Crippen molar-refractivity contribution in [2.75, 3.05) is 5.75 Å². The zero-order chi connectivity index (χ0) is 7.94. The molecular formula is C10H20S. The van der Waals surface area contributed by atoms with Crippen molar-refractivity contribution < 1.29 is 0 Å². The molecule has 1 aliphatic rings. The lowest BCUT2D eigenvalue weighted by molar-refractivity contribution is 0.472. The second kappa shape index (κ2) is 5.93. The molecule has 0 atom stereocenters. The maximum atomic E-state index is 4.20. The molecule has 1 aliphatic carbocycles. The van der Waals surface area contributed by atoms with Crippen LogP contribution in [0.5, 0.6) is 0 Å². The Balaban J connectivity index is 1.86. The topological polar surface area (TPSA) is 0 Å². The summed E-state index contributed by atoms with van der Waals surface area (Å²) in [6.45, 7) is 0. The molecule has 0 radical (unpaired) electrons. The van der Waals surface area contributed by atoms with E-state index in [0.29, 0.717) is 0 Å². The summed E-state index contributed by atoms with van der Waals surface area (Å²) >= 11 is 4.20. The fourth-order valence-corrected chi connectivity index (χ4v) is 2.24. The predicted octanol–water partition coefficient (Wildman–Crippen LogP) is 3.67.